The summed E-state index contributed by atoms with van der Waals surface area (Å²) in [6, 6.07) is 18.6. The number of benzene rings is 2. The first-order valence-corrected chi connectivity index (χ1v) is 8.95. The van der Waals surface area contributed by atoms with E-state index in [-0.39, 0.29) is 11.7 Å². The summed E-state index contributed by atoms with van der Waals surface area (Å²) in [5.74, 6) is -1.70. The lowest BCUT2D eigenvalue weighted by atomic mass is 9.87. The minimum Gasteiger partial charge on any atom is -0.232 e. The van der Waals surface area contributed by atoms with Crippen molar-refractivity contribution in [1.82, 2.24) is 0 Å². The van der Waals surface area contributed by atoms with Crippen molar-refractivity contribution in [2.75, 3.05) is 0 Å². The monoisotopic (exact) mass is 390 g/mol. The minimum atomic E-state index is -4.68. The lowest BCUT2D eigenvalue weighted by Gasteiger charge is -2.29. The smallest absolute Gasteiger partial charge is 0.232 e. The zero-order chi connectivity index (χ0) is 20.0. The molecule has 0 fully saturated rings. The molecule has 0 radical (unpaired) electrons. The van der Waals surface area contributed by atoms with Gasteiger partial charge in [0, 0.05) is 11.1 Å². The Hall–Kier alpha value is -3.61. The summed E-state index contributed by atoms with van der Waals surface area (Å²) in [5, 5.41) is 0. The highest BCUT2D eigenvalue weighted by molar-refractivity contribution is 6.28. The number of dihydropyridines is 1. The van der Waals surface area contributed by atoms with Crippen molar-refractivity contribution in [2.24, 2.45) is 25.9 Å². The number of hydrogen-bond donors (Lipinski definition) is 0. The summed E-state index contributed by atoms with van der Waals surface area (Å²) in [4.78, 5) is 16.3. The second kappa shape index (κ2) is 6.48. The molecule has 1 unspecified atom stereocenters. The minimum absolute atomic E-state index is 0.0609. The number of allylic oxidation sites excluding steroid dienone is 2. The van der Waals surface area contributed by atoms with E-state index in [0.717, 1.165) is 16.7 Å². The van der Waals surface area contributed by atoms with Gasteiger partial charge >= 0.3 is 6.18 Å². The van der Waals surface area contributed by atoms with Crippen molar-refractivity contribution in [2.45, 2.75) is 6.18 Å². The molecule has 0 bridgehead atoms. The molecule has 3 aliphatic heterocycles. The average Bonchev–Trinajstić information content (AvgIpc) is 2.74. The van der Waals surface area contributed by atoms with Crippen LogP contribution < -0.4 is 0 Å². The van der Waals surface area contributed by atoms with E-state index in [4.69, 9.17) is 0 Å². The molecule has 142 valence electrons. The van der Waals surface area contributed by atoms with E-state index in [0.29, 0.717) is 11.4 Å². The van der Waals surface area contributed by atoms with Crippen LogP contribution in [0.15, 0.2) is 98.4 Å². The summed E-state index contributed by atoms with van der Waals surface area (Å²) in [6.07, 6.45) is -0.951. The zero-order valence-electron chi connectivity index (χ0n) is 14.9. The molecule has 3 heterocycles. The third-order valence-electron chi connectivity index (χ3n) is 4.76. The molecule has 2 aromatic carbocycles. The molecule has 0 aromatic heterocycles. The lowest BCUT2D eigenvalue weighted by Crippen LogP contribution is -2.37. The number of halogens is 3. The third kappa shape index (κ3) is 3.14. The maximum atomic E-state index is 13.4. The number of rotatable bonds is 2. The van der Waals surface area contributed by atoms with Crippen molar-refractivity contribution in [3.8, 4) is 0 Å². The third-order valence-corrected chi connectivity index (χ3v) is 4.76. The Labute approximate surface area is 164 Å². The van der Waals surface area contributed by atoms with Crippen LogP contribution in [0.2, 0.25) is 0 Å². The molecule has 0 saturated heterocycles. The quantitative estimate of drug-likeness (QED) is 0.703. The van der Waals surface area contributed by atoms with Gasteiger partial charge in [-0.15, -0.1) is 0 Å². The summed E-state index contributed by atoms with van der Waals surface area (Å²) >= 11 is 0. The first-order valence-electron chi connectivity index (χ1n) is 8.95. The molecule has 0 spiro atoms. The Morgan fingerprint density at radius 1 is 0.655 bits per heavy atom. The van der Waals surface area contributed by atoms with Crippen LogP contribution in [0.5, 0.6) is 0 Å². The van der Waals surface area contributed by atoms with Crippen molar-refractivity contribution in [1.29, 1.82) is 0 Å². The predicted molar refractivity (Wildman–Crippen MR) is 107 cm³/mol. The molecule has 0 aliphatic carbocycles. The first kappa shape index (κ1) is 17.5. The molecule has 1 atom stereocenters. The number of amidine groups is 3. The lowest BCUT2D eigenvalue weighted by molar-refractivity contribution is -0.0596. The highest BCUT2D eigenvalue weighted by atomic mass is 19.4. The number of alkyl halides is 3. The van der Waals surface area contributed by atoms with E-state index >= 15 is 0 Å². The largest absolute Gasteiger partial charge is 0.451 e. The molecule has 7 heteroatoms. The van der Waals surface area contributed by atoms with Crippen molar-refractivity contribution < 1.29 is 13.2 Å². The van der Waals surface area contributed by atoms with Gasteiger partial charge in [-0.2, -0.15) is 13.2 Å². The molecule has 5 rings (SSSR count). The highest BCUT2D eigenvalue weighted by Gasteiger charge is 2.43. The van der Waals surface area contributed by atoms with Crippen LogP contribution in [0.3, 0.4) is 0 Å². The number of nitrogens with zero attached hydrogens (tertiary/aromatic N) is 4. The molecule has 2 aromatic rings. The summed E-state index contributed by atoms with van der Waals surface area (Å²) in [7, 11) is 0. The SMILES string of the molecule is FC(F)(F)C1=NC2=NC(c3ccccc3)=CC3=CC(c4ccccc4)=NC(=N1)C32. The molecular weight excluding hydrogens is 377 g/mol. The van der Waals surface area contributed by atoms with Crippen LogP contribution in [0.1, 0.15) is 11.1 Å². The standard InChI is InChI=1S/C22H13F3N4/c23-22(24,25)21-28-19-18-15(11-16(26-19)13-7-3-1-4-8-13)12-17(27-20(18)29-21)14-9-5-2-6-10-14/h1-12,18H. The molecule has 0 saturated carbocycles. The van der Waals surface area contributed by atoms with Crippen LogP contribution >= 0.6 is 0 Å². The Bertz CT molecular complexity index is 1130. The summed E-state index contributed by atoms with van der Waals surface area (Å²) < 4.78 is 40.2. The van der Waals surface area contributed by atoms with Crippen LogP contribution in [0, 0.1) is 5.92 Å². The predicted octanol–water partition coefficient (Wildman–Crippen LogP) is 4.86. The first-order chi connectivity index (χ1) is 14.0. The van der Waals surface area contributed by atoms with Gasteiger partial charge in [0.15, 0.2) is 0 Å². The van der Waals surface area contributed by atoms with Crippen molar-refractivity contribution >= 4 is 28.9 Å². The Morgan fingerprint density at radius 2 is 1.28 bits per heavy atom. The van der Waals surface area contributed by atoms with Gasteiger partial charge in [0.25, 0.3) is 0 Å². The fourth-order valence-electron chi connectivity index (χ4n) is 3.44. The van der Waals surface area contributed by atoms with Gasteiger partial charge in [-0.1, -0.05) is 60.7 Å². The average molecular weight is 390 g/mol. The maximum Gasteiger partial charge on any atom is 0.451 e. The topological polar surface area (TPSA) is 49.4 Å². The van der Waals surface area contributed by atoms with E-state index in [2.05, 4.69) is 20.0 Å². The van der Waals surface area contributed by atoms with Crippen molar-refractivity contribution in [3.05, 3.63) is 89.5 Å². The van der Waals surface area contributed by atoms with Crippen LogP contribution in [-0.2, 0) is 0 Å². The van der Waals surface area contributed by atoms with E-state index in [1.807, 2.05) is 72.8 Å². The molecule has 0 N–H and O–H groups in total. The summed E-state index contributed by atoms with van der Waals surface area (Å²) in [5.41, 5.74) is 3.49. The van der Waals surface area contributed by atoms with Crippen LogP contribution in [0.4, 0.5) is 13.2 Å². The zero-order valence-corrected chi connectivity index (χ0v) is 14.9. The van der Waals surface area contributed by atoms with Gasteiger partial charge in [-0.05, 0) is 17.7 Å². The van der Waals surface area contributed by atoms with E-state index in [9.17, 15) is 13.2 Å². The van der Waals surface area contributed by atoms with E-state index < -0.39 is 17.9 Å². The maximum absolute atomic E-state index is 13.4. The second-order valence-electron chi connectivity index (χ2n) is 6.71. The molecule has 0 amide bonds. The molecule has 3 aliphatic rings. The second-order valence-corrected chi connectivity index (χ2v) is 6.71. The molecule has 4 nitrogen and oxygen atoms in total. The normalized spacial score (nSPS) is 20.4. The number of hydrogen-bond acceptors (Lipinski definition) is 4. The summed E-state index contributed by atoms with van der Waals surface area (Å²) in [6.45, 7) is 0. The molecular formula is C22H13F3N4. The Kier molecular flexibility index (Phi) is 3.91. The van der Waals surface area contributed by atoms with E-state index in [1.165, 1.54) is 0 Å². The van der Waals surface area contributed by atoms with Crippen LogP contribution in [-0.4, -0.2) is 29.4 Å². The Morgan fingerprint density at radius 3 is 1.93 bits per heavy atom. The fourth-order valence-corrected chi connectivity index (χ4v) is 3.44. The number of aliphatic imine (C=N–C) groups is 4. The van der Waals surface area contributed by atoms with Gasteiger partial charge in [0.1, 0.15) is 17.6 Å². The van der Waals surface area contributed by atoms with Crippen molar-refractivity contribution in [3.63, 3.8) is 0 Å². The van der Waals surface area contributed by atoms with Gasteiger partial charge in [0.2, 0.25) is 5.84 Å². The van der Waals surface area contributed by atoms with Gasteiger partial charge < -0.3 is 0 Å². The highest BCUT2D eigenvalue weighted by Crippen LogP contribution is 2.36. The van der Waals surface area contributed by atoms with Crippen LogP contribution in [0.25, 0.3) is 5.70 Å². The van der Waals surface area contributed by atoms with Gasteiger partial charge in [-0.25, -0.2) is 20.0 Å². The molecule has 29 heavy (non-hydrogen) atoms. The Balaban J connectivity index is 1.71. The van der Waals surface area contributed by atoms with Gasteiger partial charge in [0.05, 0.1) is 11.4 Å². The fraction of sp³-hybridized carbons (Fsp3) is 0.0909. The van der Waals surface area contributed by atoms with Gasteiger partial charge in [-0.3, -0.25) is 0 Å². The van der Waals surface area contributed by atoms with E-state index in [1.54, 1.807) is 0 Å².